The van der Waals surface area contributed by atoms with Gasteiger partial charge in [0.25, 0.3) is 0 Å². The summed E-state index contributed by atoms with van der Waals surface area (Å²) in [5.74, 6) is 1.06. The van der Waals surface area contributed by atoms with E-state index in [1.54, 1.807) is 13.0 Å². The maximum Gasteiger partial charge on any atom is 0.320 e. The first-order valence-corrected chi connectivity index (χ1v) is 6.84. The van der Waals surface area contributed by atoms with Crippen molar-refractivity contribution in [1.82, 2.24) is 10.5 Å². The Morgan fingerprint density at radius 1 is 1.33 bits per heavy atom. The van der Waals surface area contributed by atoms with Crippen LogP contribution in [0.15, 0.2) is 40.9 Å². The number of rotatable bonds is 7. The third-order valence-electron chi connectivity index (χ3n) is 2.73. The zero-order chi connectivity index (χ0) is 14.9. The molecule has 0 atom stereocenters. The lowest BCUT2D eigenvalue weighted by Gasteiger charge is -2.06. The van der Waals surface area contributed by atoms with E-state index in [2.05, 4.69) is 15.8 Å². The number of amides is 2. The molecule has 0 aliphatic heterocycles. The van der Waals surface area contributed by atoms with Crippen LogP contribution in [0.1, 0.15) is 17.7 Å². The summed E-state index contributed by atoms with van der Waals surface area (Å²) >= 11 is 0. The van der Waals surface area contributed by atoms with Crippen LogP contribution in [0.25, 0.3) is 0 Å². The average molecular weight is 289 g/mol. The highest BCUT2D eigenvalue weighted by atomic mass is 16.5. The second-order valence-electron chi connectivity index (χ2n) is 4.60. The molecule has 0 radical (unpaired) electrons. The molecule has 1 heterocycles. The lowest BCUT2D eigenvalue weighted by Crippen LogP contribution is -2.30. The van der Waals surface area contributed by atoms with Crippen molar-refractivity contribution >= 4 is 11.8 Å². The minimum Gasteiger partial charge on any atom is -0.377 e. The molecule has 0 aliphatic rings. The number of benzene rings is 1. The van der Waals surface area contributed by atoms with Gasteiger partial charge in [-0.2, -0.15) is 0 Å². The first kappa shape index (κ1) is 15.1. The van der Waals surface area contributed by atoms with Gasteiger partial charge in [-0.15, -0.1) is 0 Å². The third-order valence-corrected chi connectivity index (χ3v) is 2.73. The van der Waals surface area contributed by atoms with Crippen LogP contribution in [0, 0.1) is 6.92 Å². The number of urea groups is 1. The Balaban J connectivity index is 1.52. The van der Waals surface area contributed by atoms with Gasteiger partial charge in [0.15, 0.2) is 5.82 Å². The van der Waals surface area contributed by atoms with Crippen molar-refractivity contribution < 1.29 is 14.1 Å². The molecule has 2 aromatic rings. The molecule has 0 spiro atoms. The fraction of sp³-hybridized carbons (Fsp3) is 0.333. The van der Waals surface area contributed by atoms with E-state index in [-0.39, 0.29) is 6.03 Å². The molecule has 0 saturated heterocycles. The van der Waals surface area contributed by atoms with E-state index in [1.807, 2.05) is 30.3 Å². The Morgan fingerprint density at radius 2 is 2.14 bits per heavy atom. The first-order valence-electron chi connectivity index (χ1n) is 6.84. The van der Waals surface area contributed by atoms with E-state index in [4.69, 9.17) is 9.26 Å². The van der Waals surface area contributed by atoms with Crippen LogP contribution in [0.2, 0.25) is 0 Å². The standard InChI is InChI=1S/C15H19N3O3/c1-12-10-14(18-21-12)17-15(19)16-8-5-9-20-11-13-6-3-2-4-7-13/h2-4,6-7,10H,5,8-9,11H2,1H3,(H2,16,17,18,19). The third kappa shape index (κ3) is 5.66. The fourth-order valence-electron chi connectivity index (χ4n) is 1.73. The number of carbonyl (C=O) groups excluding carboxylic acids is 1. The second-order valence-corrected chi connectivity index (χ2v) is 4.60. The number of aromatic nitrogens is 1. The normalized spacial score (nSPS) is 10.3. The van der Waals surface area contributed by atoms with Crippen LogP contribution in [0.3, 0.4) is 0 Å². The Morgan fingerprint density at radius 3 is 2.86 bits per heavy atom. The number of carbonyl (C=O) groups is 1. The van der Waals surface area contributed by atoms with Gasteiger partial charge in [-0.1, -0.05) is 35.5 Å². The van der Waals surface area contributed by atoms with E-state index >= 15 is 0 Å². The number of nitrogens with zero attached hydrogens (tertiary/aromatic N) is 1. The summed E-state index contributed by atoms with van der Waals surface area (Å²) in [5, 5.41) is 8.99. The molecule has 2 rings (SSSR count). The highest BCUT2D eigenvalue weighted by Crippen LogP contribution is 2.06. The van der Waals surface area contributed by atoms with Crippen LogP contribution >= 0.6 is 0 Å². The monoisotopic (exact) mass is 289 g/mol. The number of aryl methyl sites for hydroxylation is 1. The van der Waals surface area contributed by atoms with E-state index in [0.717, 1.165) is 12.0 Å². The van der Waals surface area contributed by atoms with Gasteiger partial charge >= 0.3 is 6.03 Å². The Bertz CT molecular complexity index is 554. The first-order chi connectivity index (χ1) is 10.2. The molecule has 21 heavy (non-hydrogen) atoms. The molecule has 0 fully saturated rings. The van der Waals surface area contributed by atoms with Crippen LogP contribution in [0.4, 0.5) is 10.6 Å². The predicted molar refractivity (Wildman–Crippen MR) is 79.0 cm³/mol. The van der Waals surface area contributed by atoms with Crippen molar-refractivity contribution in [3.05, 3.63) is 47.7 Å². The molecule has 6 nitrogen and oxygen atoms in total. The summed E-state index contributed by atoms with van der Waals surface area (Å²) in [6.45, 7) is 3.49. The average Bonchev–Trinajstić information content (AvgIpc) is 2.89. The molecular formula is C15H19N3O3. The number of anilines is 1. The number of nitrogens with one attached hydrogen (secondary N) is 2. The molecule has 0 unspecified atom stereocenters. The molecule has 0 saturated carbocycles. The largest absolute Gasteiger partial charge is 0.377 e. The van der Waals surface area contributed by atoms with Crippen LogP contribution in [-0.2, 0) is 11.3 Å². The van der Waals surface area contributed by atoms with Gasteiger partial charge in [0, 0.05) is 19.2 Å². The van der Waals surface area contributed by atoms with Crippen molar-refractivity contribution in [2.75, 3.05) is 18.5 Å². The van der Waals surface area contributed by atoms with Gasteiger partial charge in [0.1, 0.15) is 5.76 Å². The van der Waals surface area contributed by atoms with E-state index in [9.17, 15) is 4.79 Å². The highest BCUT2D eigenvalue weighted by Gasteiger charge is 2.04. The van der Waals surface area contributed by atoms with Crippen LogP contribution < -0.4 is 10.6 Å². The van der Waals surface area contributed by atoms with Gasteiger partial charge in [-0.25, -0.2) is 4.79 Å². The SMILES string of the molecule is Cc1cc(NC(=O)NCCCOCc2ccccc2)no1. The summed E-state index contributed by atoms with van der Waals surface area (Å²) in [6, 6.07) is 11.3. The molecule has 2 amide bonds. The molecular weight excluding hydrogens is 270 g/mol. The lowest BCUT2D eigenvalue weighted by molar-refractivity contribution is 0.119. The molecule has 1 aromatic heterocycles. The lowest BCUT2D eigenvalue weighted by atomic mass is 10.2. The summed E-state index contributed by atoms with van der Waals surface area (Å²) in [6.07, 6.45) is 0.748. The molecule has 2 N–H and O–H groups in total. The maximum atomic E-state index is 11.5. The van der Waals surface area contributed by atoms with E-state index in [0.29, 0.717) is 31.3 Å². The predicted octanol–water partition coefficient (Wildman–Crippen LogP) is 2.71. The quantitative estimate of drug-likeness (QED) is 0.768. The van der Waals surface area contributed by atoms with Gasteiger partial charge < -0.3 is 14.6 Å². The van der Waals surface area contributed by atoms with Crippen molar-refractivity contribution in [3.8, 4) is 0 Å². The zero-order valence-corrected chi connectivity index (χ0v) is 12.0. The number of hydrogen-bond acceptors (Lipinski definition) is 4. The van der Waals surface area contributed by atoms with Crippen molar-refractivity contribution in [2.24, 2.45) is 0 Å². The maximum absolute atomic E-state index is 11.5. The Hall–Kier alpha value is -2.34. The van der Waals surface area contributed by atoms with Crippen LogP contribution in [-0.4, -0.2) is 24.3 Å². The Kier molecular flexibility index (Phi) is 5.78. The molecule has 6 heteroatoms. The van der Waals surface area contributed by atoms with Gasteiger partial charge in [-0.05, 0) is 18.9 Å². The number of ether oxygens (including phenoxy) is 1. The summed E-state index contributed by atoms with van der Waals surface area (Å²) in [4.78, 5) is 11.5. The smallest absolute Gasteiger partial charge is 0.320 e. The molecule has 0 bridgehead atoms. The summed E-state index contributed by atoms with van der Waals surface area (Å²) in [5.41, 5.74) is 1.14. The van der Waals surface area contributed by atoms with Gasteiger partial charge in [0.2, 0.25) is 0 Å². The molecule has 112 valence electrons. The minimum atomic E-state index is -0.300. The zero-order valence-electron chi connectivity index (χ0n) is 12.0. The van der Waals surface area contributed by atoms with Gasteiger partial charge in [-0.3, -0.25) is 5.32 Å². The molecule has 1 aromatic carbocycles. The van der Waals surface area contributed by atoms with Crippen molar-refractivity contribution in [2.45, 2.75) is 20.0 Å². The number of hydrogen-bond donors (Lipinski definition) is 2. The minimum absolute atomic E-state index is 0.300. The second kappa shape index (κ2) is 8.06. The molecule has 0 aliphatic carbocycles. The van der Waals surface area contributed by atoms with E-state index < -0.39 is 0 Å². The van der Waals surface area contributed by atoms with E-state index in [1.165, 1.54) is 0 Å². The van der Waals surface area contributed by atoms with Crippen LogP contribution in [0.5, 0.6) is 0 Å². The summed E-state index contributed by atoms with van der Waals surface area (Å²) < 4.78 is 10.4. The van der Waals surface area contributed by atoms with Crippen molar-refractivity contribution in [1.29, 1.82) is 0 Å². The highest BCUT2D eigenvalue weighted by molar-refractivity contribution is 5.88. The topological polar surface area (TPSA) is 76.4 Å². The Labute approximate surface area is 123 Å². The summed E-state index contributed by atoms with van der Waals surface area (Å²) in [7, 11) is 0. The van der Waals surface area contributed by atoms with Gasteiger partial charge in [0.05, 0.1) is 6.61 Å². The fourth-order valence-corrected chi connectivity index (χ4v) is 1.73. The van der Waals surface area contributed by atoms with Crippen molar-refractivity contribution in [3.63, 3.8) is 0 Å².